The Morgan fingerprint density at radius 2 is 1.55 bits per heavy atom. The van der Waals surface area contributed by atoms with E-state index in [1.165, 1.54) is 24.3 Å². The summed E-state index contributed by atoms with van der Waals surface area (Å²) in [5, 5.41) is 8.94. The highest BCUT2D eigenvalue weighted by Gasteiger charge is 2.17. The van der Waals surface area contributed by atoms with Crippen molar-refractivity contribution in [3.8, 4) is 5.75 Å². The minimum absolute atomic E-state index is 0.239. The molecule has 2 rings (SSSR count). The van der Waals surface area contributed by atoms with Gasteiger partial charge in [0, 0.05) is 11.1 Å². The highest BCUT2D eigenvalue weighted by molar-refractivity contribution is 6.09. The molecule has 0 aliphatic rings. The zero-order valence-corrected chi connectivity index (χ0v) is 12.0. The molecule has 0 radical (unpaired) electrons. The van der Waals surface area contributed by atoms with E-state index in [0.29, 0.717) is 23.3 Å². The zero-order chi connectivity index (χ0) is 16.1. The van der Waals surface area contributed by atoms with E-state index in [1.54, 1.807) is 31.2 Å². The Kier molecular flexibility index (Phi) is 4.88. The number of halogens is 1. The quantitative estimate of drug-likeness (QED) is 0.832. The smallest absolute Gasteiger partial charge is 0.344 e. The summed E-state index contributed by atoms with van der Waals surface area (Å²) in [6, 6.07) is 11.5. The van der Waals surface area contributed by atoms with E-state index in [9.17, 15) is 14.0 Å². The number of carbonyl (C=O) groups excluding carboxylic acids is 1. The number of carboxylic acid groups (broad SMARTS) is 1. The molecule has 2 aromatic rings. The molecule has 0 bridgehead atoms. The third-order valence-corrected chi connectivity index (χ3v) is 3.15. The van der Waals surface area contributed by atoms with Crippen molar-refractivity contribution in [1.29, 1.82) is 0 Å². The normalized spacial score (nSPS) is 11.7. The van der Waals surface area contributed by atoms with Crippen molar-refractivity contribution in [2.24, 2.45) is 0 Å². The summed E-state index contributed by atoms with van der Waals surface area (Å²) in [5.41, 5.74) is 0.800. The third kappa shape index (κ3) is 3.69. The summed E-state index contributed by atoms with van der Waals surface area (Å²) >= 11 is 0. The summed E-state index contributed by atoms with van der Waals surface area (Å²) in [4.78, 5) is 23.1. The van der Waals surface area contributed by atoms with Crippen LogP contribution < -0.4 is 4.74 Å². The first-order valence-electron chi connectivity index (χ1n) is 6.81. The van der Waals surface area contributed by atoms with Crippen LogP contribution in [0, 0.1) is 5.82 Å². The van der Waals surface area contributed by atoms with Crippen molar-refractivity contribution >= 4 is 11.8 Å². The number of aliphatic carboxylic acids is 1. The molecule has 0 amide bonds. The van der Waals surface area contributed by atoms with Gasteiger partial charge in [-0.3, -0.25) is 4.79 Å². The molecule has 1 atom stereocenters. The third-order valence-electron chi connectivity index (χ3n) is 3.15. The van der Waals surface area contributed by atoms with Crippen LogP contribution in [0.25, 0.3) is 0 Å². The second-order valence-electron chi connectivity index (χ2n) is 4.71. The largest absolute Gasteiger partial charge is 0.479 e. The average Bonchev–Trinajstić information content (AvgIpc) is 2.53. The molecule has 22 heavy (non-hydrogen) atoms. The molecule has 0 saturated carbocycles. The van der Waals surface area contributed by atoms with Gasteiger partial charge in [-0.1, -0.05) is 6.92 Å². The molecule has 0 spiro atoms. The molecule has 114 valence electrons. The second-order valence-corrected chi connectivity index (χ2v) is 4.71. The number of hydrogen-bond acceptors (Lipinski definition) is 3. The molecule has 0 aliphatic heterocycles. The number of carbonyl (C=O) groups is 2. The van der Waals surface area contributed by atoms with Crippen molar-refractivity contribution in [3.05, 3.63) is 65.5 Å². The van der Waals surface area contributed by atoms with Crippen LogP contribution in [0.4, 0.5) is 4.39 Å². The van der Waals surface area contributed by atoms with Crippen LogP contribution in [0.15, 0.2) is 48.5 Å². The number of carboxylic acids is 1. The lowest BCUT2D eigenvalue weighted by atomic mass is 10.0. The first-order valence-corrected chi connectivity index (χ1v) is 6.81. The predicted molar refractivity (Wildman–Crippen MR) is 78.6 cm³/mol. The molecule has 1 unspecified atom stereocenters. The van der Waals surface area contributed by atoms with Gasteiger partial charge < -0.3 is 9.84 Å². The fourth-order valence-electron chi connectivity index (χ4n) is 1.93. The fraction of sp³-hybridized carbons (Fsp3) is 0.176. The first kappa shape index (κ1) is 15.7. The van der Waals surface area contributed by atoms with Crippen molar-refractivity contribution in [2.45, 2.75) is 19.4 Å². The lowest BCUT2D eigenvalue weighted by Gasteiger charge is -2.13. The van der Waals surface area contributed by atoms with Crippen LogP contribution in [0.3, 0.4) is 0 Å². The topological polar surface area (TPSA) is 63.6 Å². The van der Waals surface area contributed by atoms with Crippen LogP contribution in [0.5, 0.6) is 5.75 Å². The minimum Gasteiger partial charge on any atom is -0.479 e. The zero-order valence-electron chi connectivity index (χ0n) is 12.0. The first-order chi connectivity index (χ1) is 10.5. The average molecular weight is 302 g/mol. The monoisotopic (exact) mass is 302 g/mol. The Bertz CT molecular complexity index is 662. The van der Waals surface area contributed by atoms with Gasteiger partial charge in [0.15, 0.2) is 11.9 Å². The van der Waals surface area contributed by atoms with Gasteiger partial charge >= 0.3 is 5.97 Å². The summed E-state index contributed by atoms with van der Waals surface area (Å²) in [6.07, 6.45) is -0.579. The molecule has 5 heteroatoms. The Hall–Kier alpha value is -2.69. The molecule has 0 aliphatic carbocycles. The SMILES string of the molecule is CCC(Oc1ccc(C(=O)c2ccc(F)cc2)cc1)C(=O)O. The van der Waals surface area contributed by atoms with Crippen molar-refractivity contribution in [1.82, 2.24) is 0 Å². The van der Waals surface area contributed by atoms with Crippen LogP contribution in [-0.4, -0.2) is 23.0 Å². The number of ether oxygens (including phenoxy) is 1. The van der Waals surface area contributed by atoms with E-state index in [4.69, 9.17) is 9.84 Å². The van der Waals surface area contributed by atoms with Gasteiger partial charge in [-0.25, -0.2) is 9.18 Å². The minimum atomic E-state index is -1.03. The predicted octanol–water partition coefficient (Wildman–Crippen LogP) is 3.30. The molecular weight excluding hydrogens is 287 g/mol. The van der Waals surface area contributed by atoms with Gasteiger partial charge in [0.25, 0.3) is 0 Å². The number of ketones is 1. The van der Waals surface area contributed by atoms with Gasteiger partial charge in [-0.15, -0.1) is 0 Å². The van der Waals surface area contributed by atoms with Crippen molar-refractivity contribution in [2.75, 3.05) is 0 Å². The van der Waals surface area contributed by atoms with Gasteiger partial charge in [0.05, 0.1) is 0 Å². The summed E-state index contributed by atoms with van der Waals surface area (Å²) < 4.78 is 18.2. The van der Waals surface area contributed by atoms with Crippen LogP contribution in [0.2, 0.25) is 0 Å². The molecule has 4 nitrogen and oxygen atoms in total. The van der Waals surface area contributed by atoms with Crippen LogP contribution >= 0.6 is 0 Å². The Labute approximate surface area is 127 Å². The molecule has 0 saturated heterocycles. The molecule has 0 aromatic heterocycles. The Balaban J connectivity index is 2.13. The van der Waals surface area contributed by atoms with E-state index in [2.05, 4.69) is 0 Å². The van der Waals surface area contributed by atoms with Crippen molar-refractivity contribution in [3.63, 3.8) is 0 Å². The maximum Gasteiger partial charge on any atom is 0.344 e. The highest BCUT2D eigenvalue weighted by atomic mass is 19.1. The van der Waals surface area contributed by atoms with Gasteiger partial charge in [-0.05, 0) is 55.0 Å². The van der Waals surface area contributed by atoms with Crippen molar-refractivity contribution < 1.29 is 23.8 Å². The lowest BCUT2D eigenvalue weighted by molar-refractivity contribution is -0.145. The Morgan fingerprint density at radius 1 is 1.05 bits per heavy atom. The summed E-state index contributed by atoms with van der Waals surface area (Å²) in [7, 11) is 0. The second kappa shape index (κ2) is 6.85. The van der Waals surface area contributed by atoms with E-state index < -0.39 is 17.9 Å². The standard InChI is InChI=1S/C17H15FO4/c1-2-15(17(20)21)22-14-9-5-12(6-10-14)16(19)11-3-7-13(18)8-4-11/h3-10,15H,2H2,1H3,(H,20,21). The molecule has 1 N–H and O–H groups in total. The Morgan fingerprint density at radius 3 is 2.00 bits per heavy atom. The van der Waals surface area contributed by atoms with E-state index in [1.807, 2.05) is 0 Å². The number of hydrogen-bond donors (Lipinski definition) is 1. The molecule has 2 aromatic carbocycles. The molecule has 0 heterocycles. The number of benzene rings is 2. The van der Waals surface area contributed by atoms with E-state index in [0.717, 1.165) is 0 Å². The van der Waals surface area contributed by atoms with Gasteiger partial charge in [0.2, 0.25) is 0 Å². The van der Waals surface area contributed by atoms with Gasteiger partial charge in [-0.2, -0.15) is 0 Å². The van der Waals surface area contributed by atoms with Crippen LogP contribution in [0.1, 0.15) is 29.3 Å². The highest BCUT2D eigenvalue weighted by Crippen LogP contribution is 2.17. The fourth-order valence-corrected chi connectivity index (χ4v) is 1.93. The summed E-state index contributed by atoms with van der Waals surface area (Å²) in [6.45, 7) is 1.71. The maximum atomic E-state index is 12.8. The van der Waals surface area contributed by atoms with E-state index in [-0.39, 0.29) is 5.78 Å². The van der Waals surface area contributed by atoms with E-state index >= 15 is 0 Å². The number of rotatable bonds is 6. The van der Waals surface area contributed by atoms with Gasteiger partial charge in [0.1, 0.15) is 11.6 Å². The lowest BCUT2D eigenvalue weighted by Crippen LogP contribution is -2.25. The summed E-state index contributed by atoms with van der Waals surface area (Å²) in [5.74, 6) is -1.30. The maximum absolute atomic E-state index is 12.8. The van der Waals surface area contributed by atoms with Crippen LogP contribution in [-0.2, 0) is 4.79 Å². The molecule has 0 fully saturated rings. The molecular formula is C17H15FO4.